The Balaban J connectivity index is 1.75. The van der Waals surface area contributed by atoms with E-state index in [4.69, 9.17) is 27.9 Å². The first-order valence-electron chi connectivity index (χ1n) is 8.87. The van der Waals surface area contributed by atoms with Crippen molar-refractivity contribution in [2.75, 3.05) is 18.1 Å². The molecule has 6 heteroatoms. The molecule has 1 amide bonds. The molecule has 2 aromatic carbocycles. The maximum Gasteiger partial charge on any atom is 0.246 e. The Morgan fingerprint density at radius 3 is 2.58 bits per heavy atom. The second kappa shape index (κ2) is 7.10. The summed E-state index contributed by atoms with van der Waals surface area (Å²) in [6.45, 7) is 3.50. The molecule has 0 spiro atoms. The fourth-order valence-corrected chi connectivity index (χ4v) is 4.22. The van der Waals surface area contributed by atoms with Crippen molar-refractivity contribution in [2.24, 2.45) is 0 Å². The molecule has 2 aliphatic rings. The Morgan fingerprint density at radius 1 is 1.12 bits per heavy atom. The summed E-state index contributed by atoms with van der Waals surface area (Å²) in [5.74, 6) is 0.958. The van der Waals surface area contributed by atoms with Gasteiger partial charge < -0.3 is 4.74 Å². The summed E-state index contributed by atoms with van der Waals surface area (Å²) in [5, 5.41) is 0.939. The van der Waals surface area contributed by atoms with E-state index in [1.54, 1.807) is 12.1 Å². The first-order valence-corrected chi connectivity index (χ1v) is 9.62. The van der Waals surface area contributed by atoms with Crippen molar-refractivity contribution in [3.05, 3.63) is 58.1 Å². The lowest BCUT2D eigenvalue weighted by Gasteiger charge is -2.30. The molecule has 0 N–H and O–H groups in total. The number of benzene rings is 2. The highest BCUT2D eigenvalue weighted by atomic mass is 35.5. The van der Waals surface area contributed by atoms with E-state index in [1.807, 2.05) is 42.2 Å². The number of rotatable bonds is 4. The topological polar surface area (TPSA) is 32.8 Å². The van der Waals surface area contributed by atoms with E-state index in [2.05, 4.69) is 4.90 Å². The highest BCUT2D eigenvalue weighted by Crippen LogP contribution is 2.43. The van der Waals surface area contributed by atoms with Gasteiger partial charge in [-0.3, -0.25) is 14.6 Å². The van der Waals surface area contributed by atoms with Crippen molar-refractivity contribution in [2.45, 2.75) is 32.0 Å². The Labute approximate surface area is 163 Å². The van der Waals surface area contributed by atoms with Gasteiger partial charge in [0.05, 0.1) is 22.7 Å². The molecule has 2 aliphatic heterocycles. The zero-order chi connectivity index (χ0) is 18.3. The second-order valence-electron chi connectivity index (χ2n) is 6.58. The van der Waals surface area contributed by atoms with E-state index in [0.717, 1.165) is 36.4 Å². The van der Waals surface area contributed by atoms with Crippen LogP contribution in [0.15, 0.2) is 42.5 Å². The van der Waals surface area contributed by atoms with Gasteiger partial charge in [-0.25, -0.2) is 0 Å². The van der Waals surface area contributed by atoms with Crippen LogP contribution in [-0.2, 0) is 4.79 Å². The second-order valence-corrected chi connectivity index (χ2v) is 7.39. The third kappa shape index (κ3) is 2.96. The van der Waals surface area contributed by atoms with Gasteiger partial charge in [0, 0.05) is 12.2 Å². The Kier molecular flexibility index (Phi) is 4.82. The van der Waals surface area contributed by atoms with Crippen LogP contribution in [0.3, 0.4) is 0 Å². The normalized spacial score (nSPS) is 22.7. The lowest BCUT2D eigenvalue weighted by Crippen LogP contribution is -2.32. The molecule has 2 saturated heterocycles. The van der Waals surface area contributed by atoms with Gasteiger partial charge in [0.2, 0.25) is 5.91 Å². The first-order chi connectivity index (χ1) is 12.6. The number of halogens is 2. The molecule has 0 saturated carbocycles. The number of amides is 1. The number of fused-ring (bicyclic) bond motifs is 1. The summed E-state index contributed by atoms with van der Waals surface area (Å²) in [6, 6.07) is 13.3. The number of anilines is 1. The molecule has 136 valence electrons. The maximum atomic E-state index is 13.1. The minimum absolute atomic E-state index is 0.0685. The van der Waals surface area contributed by atoms with Crippen LogP contribution in [0, 0.1) is 0 Å². The van der Waals surface area contributed by atoms with E-state index in [9.17, 15) is 4.79 Å². The first kappa shape index (κ1) is 17.7. The van der Waals surface area contributed by atoms with E-state index in [1.165, 1.54) is 0 Å². The van der Waals surface area contributed by atoms with Gasteiger partial charge in [-0.05, 0) is 55.7 Å². The summed E-state index contributed by atoms with van der Waals surface area (Å²) in [4.78, 5) is 17.2. The molecule has 0 bridgehead atoms. The average Bonchev–Trinajstić information content (AvgIpc) is 3.21. The van der Waals surface area contributed by atoms with Crippen LogP contribution < -0.4 is 9.64 Å². The van der Waals surface area contributed by atoms with Crippen molar-refractivity contribution in [3.63, 3.8) is 0 Å². The van der Waals surface area contributed by atoms with Gasteiger partial charge in [-0.15, -0.1) is 0 Å². The molecule has 26 heavy (non-hydrogen) atoms. The van der Waals surface area contributed by atoms with Gasteiger partial charge in [-0.2, -0.15) is 0 Å². The number of hydrogen-bond acceptors (Lipinski definition) is 3. The molecule has 2 fully saturated rings. The third-order valence-corrected chi connectivity index (χ3v) is 5.79. The fourth-order valence-electron chi connectivity index (χ4n) is 3.92. The molecule has 4 rings (SSSR count). The highest BCUT2D eigenvalue weighted by molar-refractivity contribution is 6.42. The molecule has 2 aromatic rings. The number of carbonyl (C=O) groups is 1. The van der Waals surface area contributed by atoms with Gasteiger partial charge >= 0.3 is 0 Å². The molecule has 2 heterocycles. The predicted octanol–water partition coefficient (Wildman–Crippen LogP) is 4.90. The fraction of sp³-hybridized carbons (Fsp3) is 0.350. The van der Waals surface area contributed by atoms with Crippen LogP contribution in [0.1, 0.15) is 31.5 Å². The summed E-state index contributed by atoms with van der Waals surface area (Å²) >= 11 is 12.3. The SMILES string of the molecule is CCOc1ccc([C@H]2N(c3ccc(Cl)c(Cl)c3)C(=O)[C@@H]3CCCN32)cc1. The number of hydrogen-bond donors (Lipinski definition) is 0. The van der Waals surface area contributed by atoms with Crippen molar-refractivity contribution in [1.29, 1.82) is 0 Å². The van der Waals surface area contributed by atoms with Crippen LogP contribution in [-0.4, -0.2) is 30.0 Å². The monoisotopic (exact) mass is 390 g/mol. The van der Waals surface area contributed by atoms with E-state index < -0.39 is 0 Å². The summed E-state index contributed by atoms with van der Waals surface area (Å²) in [7, 11) is 0. The van der Waals surface area contributed by atoms with Crippen LogP contribution in [0.4, 0.5) is 5.69 Å². The number of ether oxygens (including phenoxy) is 1. The van der Waals surface area contributed by atoms with Gasteiger partial charge in [-0.1, -0.05) is 35.3 Å². The average molecular weight is 391 g/mol. The minimum atomic E-state index is -0.136. The van der Waals surface area contributed by atoms with Crippen molar-refractivity contribution in [1.82, 2.24) is 4.90 Å². The lowest BCUT2D eigenvalue weighted by atomic mass is 10.1. The Hall–Kier alpha value is -1.75. The van der Waals surface area contributed by atoms with Crippen LogP contribution in [0.2, 0.25) is 10.0 Å². The van der Waals surface area contributed by atoms with Gasteiger partial charge in [0.25, 0.3) is 0 Å². The Morgan fingerprint density at radius 2 is 1.88 bits per heavy atom. The Bertz CT molecular complexity index is 825. The molecule has 0 unspecified atom stereocenters. The van der Waals surface area contributed by atoms with E-state index >= 15 is 0 Å². The molecule has 0 radical (unpaired) electrons. The zero-order valence-corrected chi connectivity index (χ0v) is 16.0. The van der Waals surface area contributed by atoms with Crippen molar-refractivity contribution >= 4 is 34.8 Å². The highest BCUT2D eigenvalue weighted by Gasteiger charge is 2.49. The number of carbonyl (C=O) groups excluding carboxylic acids is 1. The maximum absolute atomic E-state index is 13.1. The van der Waals surface area contributed by atoms with Gasteiger partial charge in [0.1, 0.15) is 11.9 Å². The van der Waals surface area contributed by atoms with E-state index in [0.29, 0.717) is 16.7 Å². The third-order valence-electron chi connectivity index (χ3n) is 5.05. The van der Waals surface area contributed by atoms with Crippen LogP contribution in [0.25, 0.3) is 0 Å². The van der Waals surface area contributed by atoms with E-state index in [-0.39, 0.29) is 18.1 Å². The smallest absolute Gasteiger partial charge is 0.246 e. The molecular weight excluding hydrogens is 371 g/mol. The zero-order valence-electron chi connectivity index (χ0n) is 14.5. The number of nitrogens with zero attached hydrogens (tertiary/aromatic N) is 2. The summed E-state index contributed by atoms with van der Waals surface area (Å²) < 4.78 is 5.55. The van der Waals surface area contributed by atoms with Crippen molar-refractivity contribution in [3.8, 4) is 5.75 Å². The minimum Gasteiger partial charge on any atom is -0.494 e. The molecular formula is C20H20Cl2N2O2. The van der Waals surface area contributed by atoms with Crippen LogP contribution in [0.5, 0.6) is 5.75 Å². The summed E-state index contributed by atoms with van der Waals surface area (Å²) in [5.41, 5.74) is 1.84. The standard InChI is InChI=1S/C20H20Cl2N2O2/c1-2-26-15-8-5-13(6-9-15)19-23-11-3-4-18(23)20(25)24(19)14-7-10-16(21)17(22)12-14/h5-10,12,18-19H,2-4,11H2,1H3/t18-,19+/m0/s1. The quantitative estimate of drug-likeness (QED) is 0.743. The predicted molar refractivity (Wildman–Crippen MR) is 104 cm³/mol. The van der Waals surface area contributed by atoms with Crippen LogP contribution >= 0.6 is 23.2 Å². The largest absolute Gasteiger partial charge is 0.494 e. The molecule has 2 atom stereocenters. The van der Waals surface area contributed by atoms with Gasteiger partial charge in [0.15, 0.2) is 0 Å². The lowest BCUT2D eigenvalue weighted by molar-refractivity contribution is -0.119. The summed E-state index contributed by atoms with van der Waals surface area (Å²) in [6.07, 6.45) is 1.80. The van der Waals surface area contributed by atoms with Crippen molar-refractivity contribution < 1.29 is 9.53 Å². The molecule has 0 aromatic heterocycles. The molecule has 0 aliphatic carbocycles. The molecule has 4 nitrogen and oxygen atoms in total.